The van der Waals surface area contributed by atoms with Gasteiger partial charge in [-0.1, -0.05) is 12.1 Å². The fourth-order valence-electron chi connectivity index (χ4n) is 1.58. The molecule has 0 fully saturated rings. The monoisotopic (exact) mass is 285 g/mol. The molecule has 106 valence electrons. The first-order chi connectivity index (χ1) is 8.67. The molecule has 5 nitrogen and oxygen atoms in total. The Bertz CT molecular complexity index is 424. The van der Waals surface area contributed by atoms with Gasteiger partial charge in [-0.05, 0) is 31.2 Å². The van der Waals surface area contributed by atoms with Gasteiger partial charge in [-0.25, -0.2) is 0 Å². The van der Waals surface area contributed by atoms with Crippen LogP contribution >= 0.6 is 12.4 Å². The zero-order valence-corrected chi connectivity index (χ0v) is 12.0. The van der Waals surface area contributed by atoms with Gasteiger partial charge in [-0.15, -0.1) is 12.4 Å². The molecule has 0 aliphatic heterocycles. The zero-order chi connectivity index (χ0) is 13.4. The summed E-state index contributed by atoms with van der Waals surface area (Å²) in [6.45, 7) is 0.885. The van der Waals surface area contributed by atoms with Crippen LogP contribution < -0.4 is 16.0 Å². The lowest BCUT2D eigenvalue weighted by atomic mass is 10.1. The highest BCUT2D eigenvalue weighted by molar-refractivity contribution is 5.94. The predicted octanol–water partition coefficient (Wildman–Crippen LogP) is 0.346. The zero-order valence-electron chi connectivity index (χ0n) is 11.2. The highest BCUT2D eigenvalue weighted by Crippen LogP contribution is 2.05. The topological polar surface area (TPSA) is 70.2 Å². The smallest absolute Gasteiger partial charge is 0.251 e. The Labute approximate surface area is 119 Å². The summed E-state index contributed by atoms with van der Waals surface area (Å²) in [5.74, 6) is -0.129. The van der Waals surface area contributed by atoms with Gasteiger partial charge < -0.3 is 16.0 Å². The van der Waals surface area contributed by atoms with Crippen LogP contribution in [0.3, 0.4) is 0 Å². The molecular formula is C13H20ClN3O2. The number of carbonyl (C=O) groups is 2. The van der Waals surface area contributed by atoms with Crippen molar-refractivity contribution in [3.63, 3.8) is 0 Å². The van der Waals surface area contributed by atoms with E-state index >= 15 is 0 Å². The molecule has 0 aliphatic rings. The number of hydrogen-bond acceptors (Lipinski definition) is 3. The SMILES string of the molecule is CNCC(=O)NCCc1cccc(C(=O)NC)c1.Cl. The third-order valence-electron chi connectivity index (χ3n) is 2.49. The van der Waals surface area contributed by atoms with Crippen LogP contribution in [0.4, 0.5) is 0 Å². The van der Waals surface area contributed by atoms with Gasteiger partial charge in [0.05, 0.1) is 6.54 Å². The minimum Gasteiger partial charge on any atom is -0.355 e. The minimum atomic E-state index is -0.101. The maximum Gasteiger partial charge on any atom is 0.251 e. The lowest BCUT2D eigenvalue weighted by Gasteiger charge is -2.06. The summed E-state index contributed by atoms with van der Waals surface area (Å²) in [5, 5.41) is 8.16. The average Bonchev–Trinajstić information content (AvgIpc) is 2.38. The van der Waals surface area contributed by atoms with E-state index in [1.54, 1.807) is 20.2 Å². The number of benzene rings is 1. The van der Waals surface area contributed by atoms with Crippen LogP contribution in [0.5, 0.6) is 0 Å². The van der Waals surface area contributed by atoms with Crippen molar-refractivity contribution in [3.05, 3.63) is 35.4 Å². The van der Waals surface area contributed by atoms with Crippen molar-refractivity contribution in [1.29, 1.82) is 0 Å². The van der Waals surface area contributed by atoms with E-state index in [0.29, 0.717) is 25.1 Å². The first kappa shape index (κ1) is 17.4. The van der Waals surface area contributed by atoms with Gasteiger partial charge in [0.1, 0.15) is 0 Å². The van der Waals surface area contributed by atoms with Crippen molar-refractivity contribution in [3.8, 4) is 0 Å². The van der Waals surface area contributed by atoms with Gasteiger partial charge in [-0.3, -0.25) is 9.59 Å². The van der Waals surface area contributed by atoms with Crippen molar-refractivity contribution in [2.24, 2.45) is 0 Å². The van der Waals surface area contributed by atoms with E-state index < -0.39 is 0 Å². The van der Waals surface area contributed by atoms with Crippen LogP contribution in [0.25, 0.3) is 0 Å². The molecule has 0 bridgehead atoms. The lowest BCUT2D eigenvalue weighted by Crippen LogP contribution is -2.33. The van der Waals surface area contributed by atoms with Gasteiger partial charge in [0, 0.05) is 19.2 Å². The molecule has 0 heterocycles. The second-order valence-corrected chi connectivity index (χ2v) is 3.91. The molecule has 0 saturated heterocycles. The third-order valence-corrected chi connectivity index (χ3v) is 2.49. The molecule has 0 saturated carbocycles. The third kappa shape index (κ3) is 6.22. The maximum absolute atomic E-state index is 11.4. The summed E-state index contributed by atoms with van der Waals surface area (Å²) in [6, 6.07) is 7.39. The van der Waals surface area contributed by atoms with Crippen molar-refractivity contribution < 1.29 is 9.59 Å². The Kier molecular flexibility index (Phi) is 8.57. The molecule has 19 heavy (non-hydrogen) atoms. The quantitative estimate of drug-likeness (QED) is 0.706. The Hall–Kier alpha value is -1.59. The Balaban J connectivity index is 0.00000324. The first-order valence-electron chi connectivity index (χ1n) is 5.89. The summed E-state index contributed by atoms with van der Waals surface area (Å²) in [5.41, 5.74) is 1.66. The van der Waals surface area contributed by atoms with E-state index in [1.807, 2.05) is 18.2 Å². The van der Waals surface area contributed by atoms with Gasteiger partial charge >= 0.3 is 0 Å². The van der Waals surface area contributed by atoms with Gasteiger partial charge in [0.15, 0.2) is 0 Å². The van der Waals surface area contributed by atoms with Gasteiger partial charge in [0.2, 0.25) is 5.91 Å². The fraction of sp³-hybridized carbons (Fsp3) is 0.385. The number of carbonyl (C=O) groups excluding carboxylic acids is 2. The summed E-state index contributed by atoms with van der Waals surface area (Å²) >= 11 is 0. The molecule has 0 aromatic heterocycles. The highest BCUT2D eigenvalue weighted by atomic mass is 35.5. The normalized spacial score (nSPS) is 9.37. The Morgan fingerprint density at radius 2 is 1.95 bits per heavy atom. The van der Waals surface area contributed by atoms with Crippen LogP contribution in [0, 0.1) is 0 Å². The van der Waals surface area contributed by atoms with Crippen molar-refractivity contribution in [2.45, 2.75) is 6.42 Å². The lowest BCUT2D eigenvalue weighted by molar-refractivity contribution is -0.120. The van der Waals surface area contributed by atoms with Crippen molar-refractivity contribution in [1.82, 2.24) is 16.0 Å². The second-order valence-electron chi connectivity index (χ2n) is 3.91. The summed E-state index contributed by atoms with van der Waals surface area (Å²) < 4.78 is 0. The van der Waals surface area contributed by atoms with Crippen LogP contribution in [0.2, 0.25) is 0 Å². The van der Waals surface area contributed by atoms with Crippen LogP contribution in [0.1, 0.15) is 15.9 Å². The molecule has 0 aliphatic carbocycles. The number of amides is 2. The largest absolute Gasteiger partial charge is 0.355 e. The predicted molar refractivity (Wildman–Crippen MR) is 77.7 cm³/mol. The van der Waals surface area contributed by atoms with Crippen LogP contribution in [0.15, 0.2) is 24.3 Å². The molecule has 1 rings (SSSR count). The van der Waals surface area contributed by atoms with E-state index in [0.717, 1.165) is 5.56 Å². The first-order valence-corrected chi connectivity index (χ1v) is 5.89. The van der Waals surface area contributed by atoms with Gasteiger partial charge in [-0.2, -0.15) is 0 Å². The highest BCUT2D eigenvalue weighted by Gasteiger charge is 2.04. The van der Waals surface area contributed by atoms with E-state index in [9.17, 15) is 9.59 Å². The fourth-order valence-corrected chi connectivity index (χ4v) is 1.58. The molecule has 3 N–H and O–H groups in total. The number of hydrogen-bond donors (Lipinski definition) is 3. The van der Waals surface area contributed by atoms with E-state index in [-0.39, 0.29) is 24.2 Å². The van der Waals surface area contributed by atoms with Crippen molar-refractivity contribution >= 4 is 24.2 Å². The van der Waals surface area contributed by atoms with E-state index in [1.165, 1.54) is 0 Å². The summed E-state index contributed by atoms with van der Waals surface area (Å²) in [7, 11) is 3.33. The molecule has 0 atom stereocenters. The molecule has 1 aromatic carbocycles. The molecule has 0 spiro atoms. The summed E-state index contributed by atoms with van der Waals surface area (Å²) in [4.78, 5) is 22.7. The Morgan fingerprint density at radius 1 is 1.21 bits per heavy atom. The molecule has 2 amide bonds. The minimum absolute atomic E-state index is 0. The average molecular weight is 286 g/mol. The van der Waals surface area contributed by atoms with E-state index in [4.69, 9.17) is 0 Å². The molecule has 0 unspecified atom stereocenters. The second kappa shape index (κ2) is 9.35. The number of rotatable bonds is 6. The number of nitrogens with one attached hydrogen (secondary N) is 3. The molecular weight excluding hydrogens is 266 g/mol. The number of likely N-dealkylation sites (N-methyl/N-ethyl adjacent to an activating group) is 1. The summed E-state index contributed by atoms with van der Waals surface area (Å²) in [6.07, 6.45) is 0.709. The van der Waals surface area contributed by atoms with Crippen molar-refractivity contribution in [2.75, 3.05) is 27.2 Å². The standard InChI is InChI=1S/C13H19N3O2.ClH/c1-14-9-12(17)16-7-6-10-4-3-5-11(8-10)13(18)15-2;/h3-5,8,14H,6-7,9H2,1-2H3,(H,15,18)(H,16,17);1H. The maximum atomic E-state index is 11.4. The van der Waals surface area contributed by atoms with Crippen LogP contribution in [-0.4, -0.2) is 39.0 Å². The van der Waals surface area contributed by atoms with Crippen LogP contribution in [-0.2, 0) is 11.2 Å². The number of halogens is 1. The Morgan fingerprint density at radius 3 is 2.58 bits per heavy atom. The molecule has 0 radical (unpaired) electrons. The van der Waals surface area contributed by atoms with Gasteiger partial charge in [0.25, 0.3) is 5.91 Å². The molecule has 1 aromatic rings. The van der Waals surface area contributed by atoms with E-state index in [2.05, 4.69) is 16.0 Å². The molecule has 6 heteroatoms.